The molecular formula is C24H24N6O4. The molecule has 3 heterocycles. The molecule has 1 amide bonds. The Kier molecular flexibility index (Phi) is 5.86. The van der Waals surface area contributed by atoms with Crippen molar-refractivity contribution in [1.82, 2.24) is 19.7 Å². The number of aromatic nitrogens is 4. The SMILES string of the molecule is CCOc1cc2ncnc(Oc3cnn(CC(=O)Nc4ccc5c(c4)NCC5)c3)c2cc1OC. The number of carbonyl (C=O) groups excluding carboxylic acids is 1. The van der Waals surface area contributed by atoms with Gasteiger partial charge in [-0.3, -0.25) is 9.48 Å². The fourth-order valence-electron chi connectivity index (χ4n) is 3.86. The largest absolute Gasteiger partial charge is 0.493 e. The predicted octanol–water partition coefficient (Wildman–Crippen LogP) is 3.63. The molecule has 2 N–H and O–H groups in total. The third kappa shape index (κ3) is 4.42. The normalized spacial score (nSPS) is 12.2. The number of ether oxygens (including phenoxy) is 3. The van der Waals surface area contributed by atoms with Crippen molar-refractivity contribution in [3.63, 3.8) is 0 Å². The Labute approximate surface area is 195 Å². The molecule has 10 nitrogen and oxygen atoms in total. The van der Waals surface area contributed by atoms with E-state index in [-0.39, 0.29) is 12.5 Å². The van der Waals surface area contributed by atoms with Gasteiger partial charge in [-0.2, -0.15) is 5.10 Å². The minimum Gasteiger partial charge on any atom is -0.493 e. The van der Waals surface area contributed by atoms with Gasteiger partial charge in [-0.05, 0) is 37.1 Å². The summed E-state index contributed by atoms with van der Waals surface area (Å²) in [5.41, 5.74) is 3.73. The maximum absolute atomic E-state index is 12.5. The molecule has 2 aromatic carbocycles. The van der Waals surface area contributed by atoms with Crippen molar-refractivity contribution < 1.29 is 19.0 Å². The number of rotatable bonds is 8. The van der Waals surface area contributed by atoms with Crippen LogP contribution in [0, 0.1) is 0 Å². The van der Waals surface area contributed by atoms with Crippen LogP contribution < -0.4 is 24.8 Å². The van der Waals surface area contributed by atoms with Crippen LogP contribution in [0.25, 0.3) is 10.9 Å². The Hall–Kier alpha value is -4.34. The van der Waals surface area contributed by atoms with Crippen molar-refractivity contribution in [3.8, 4) is 23.1 Å². The van der Waals surface area contributed by atoms with Gasteiger partial charge in [-0.15, -0.1) is 0 Å². The Morgan fingerprint density at radius 1 is 1.21 bits per heavy atom. The van der Waals surface area contributed by atoms with Crippen molar-refractivity contribution in [2.75, 3.05) is 30.9 Å². The molecule has 5 rings (SSSR count). The van der Waals surface area contributed by atoms with E-state index in [9.17, 15) is 4.79 Å². The second-order valence-corrected chi connectivity index (χ2v) is 7.70. The number of nitrogens with zero attached hydrogens (tertiary/aromatic N) is 4. The molecule has 2 aromatic heterocycles. The van der Waals surface area contributed by atoms with Gasteiger partial charge in [0, 0.05) is 24.0 Å². The molecule has 1 aliphatic rings. The van der Waals surface area contributed by atoms with Crippen LogP contribution in [0.2, 0.25) is 0 Å². The first-order valence-electron chi connectivity index (χ1n) is 11.0. The summed E-state index contributed by atoms with van der Waals surface area (Å²) in [5.74, 6) is 1.76. The number of fused-ring (bicyclic) bond motifs is 2. The lowest BCUT2D eigenvalue weighted by Crippen LogP contribution is -2.19. The van der Waals surface area contributed by atoms with Crippen LogP contribution in [0.5, 0.6) is 23.1 Å². The molecule has 0 atom stereocenters. The van der Waals surface area contributed by atoms with Gasteiger partial charge in [0.1, 0.15) is 12.9 Å². The molecule has 34 heavy (non-hydrogen) atoms. The van der Waals surface area contributed by atoms with E-state index in [2.05, 4.69) is 25.7 Å². The summed E-state index contributed by atoms with van der Waals surface area (Å²) in [5, 5.41) is 11.1. The van der Waals surface area contributed by atoms with Gasteiger partial charge in [-0.1, -0.05) is 6.07 Å². The molecule has 10 heteroatoms. The monoisotopic (exact) mass is 460 g/mol. The summed E-state index contributed by atoms with van der Waals surface area (Å²) >= 11 is 0. The number of hydrogen-bond donors (Lipinski definition) is 2. The van der Waals surface area contributed by atoms with E-state index in [1.807, 2.05) is 25.1 Å². The van der Waals surface area contributed by atoms with Crippen LogP contribution in [0.15, 0.2) is 49.1 Å². The van der Waals surface area contributed by atoms with E-state index < -0.39 is 0 Å². The van der Waals surface area contributed by atoms with E-state index in [1.165, 1.54) is 22.8 Å². The number of nitrogens with one attached hydrogen (secondary N) is 2. The van der Waals surface area contributed by atoms with Gasteiger partial charge in [0.15, 0.2) is 17.2 Å². The molecule has 1 aliphatic heterocycles. The summed E-state index contributed by atoms with van der Waals surface area (Å²) in [6, 6.07) is 9.45. The quantitative estimate of drug-likeness (QED) is 0.410. The third-order valence-electron chi connectivity index (χ3n) is 5.42. The van der Waals surface area contributed by atoms with Gasteiger partial charge < -0.3 is 24.8 Å². The maximum Gasteiger partial charge on any atom is 0.246 e. The first kappa shape index (κ1) is 21.5. The summed E-state index contributed by atoms with van der Waals surface area (Å²) in [6.45, 7) is 3.38. The van der Waals surface area contributed by atoms with Crippen molar-refractivity contribution in [2.24, 2.45) is 0 Å². The molecule has 0 saturated carbocycles. The summed E-state index contributed by atoms with van der Waals surface area (Å²) in [6.07, 6.45) is 5.60. The highest BCUT2D eigenvalue weighted by Crippen LogP contribution is 2.36. The van der Waals surface area contributed by atoms with Crippen LogP contribution in [-0.4, -0.2) is 45.9 Å². The van der Waals surface area contributed by atoms with Crippen molar-refractivity contribution in [2.45, 2.75) is 19.9 Å². The average Bonchev–Trinajstić information content (AvgIpc) is 3.48. The highest BCUT2D eigenvalue weighted by atomic mass is 16.5. The van der Waals surface area contributed by atoms with Crippen LogP contribution >= 0.6 is 0 Å². The Morgan fingerprint density at radius 3 is 2.97 bits per heavy atom. The fraction of sp³-hybridized carbons (Fsp3) is 0.250. The molecule has 0 radical (unpaired) electrons. The van der Waals surface area contributed by atoms with Crippen LogP contribution in [0.4, 0.5) is 11.4 Å². The average molecular weight is 460 g/mol. The molecule has 0 unspecified atom stereocenters. The second kappa shape index (κ2) is 9.26. The maximum atomic E-state index is 12.5. The second-order valence-electron chi connectivity index (χ2n) is 7.70. The minimum absolute atomic E-state index is 0.0456. The van der Waals surface area contributed by atoms with Crippen molar-refractivity contribution >= 4 is 28.2 Å². The highest BCUT2D eigenvalue weighted by molar-refractivity contribution is 5.91. The molecule has 0 bridgehead atoms. The Bertz CT molecular complexity index is 1350. The first-order valence-corrected chi connectivity index (χ1v) is 11.0. The number of benzene rings is 2. The Balaban J connectivity index is 1.29. The standard InChI is InChI=1S/C24H24N6O4/c1-3-33-22-10-20-18(9-21(22)32-2)24(27-14-26-20)34-17-11-28-30(12-17)13-23(31)29-16-5-4-15-6-7-25-19(15)8-16/h4-5,8-12,14,25H,3,6-7,13H2,1-2H3,(H,29,31). The lowest BCUT2D eigenvalue weighted by molar-refractivity contribution is -0.116. The van der Waals surface area contributed by atoms with Crippen molar-refractivity contribution in [3.05, 3.63) is 54.6 Å². The zero-order chi connectivity index (χ0) is 23.5. The van der Waals surface area contributed by atoms with Crippen LogP contribution in [0.3, 0.4) is 0 Å². The molecular weight excluding hydrogens is 436 g/mol. The van der Waals surface area contributed by atoms with E-state index in [1.54, 1.807) is 25.4 Å². The van der Waals surface area contributed by atoms with Gasteiger partial charge in [0.25, 0.3) is 0 Å². The van der Waals surface area contributed by atoms with Crippen molar-refractivity contribution in [1.29, 1.82) is 0 Å². The fourth-order valence-corrected chi connectivity index (χ4v) is 3.86. The predicted molar refractivity (Wildman–Crippen MR) is 127 cm³/mol. The smallest absolute Gasteiger partial charge is 0.246 e. The molecule has 0 aliphatic carbocycles. The number of carbonyl (C=O) groups is 1. The summed E-state index contributed by atoms with van der Waals surface area (Å²) < 4.78 is 18.5. The van der Waals surface area contributed by atoms with E-state index in [4.69, 9.17) is 14.2 Å². The number of methoxy groups -OCH3 is 1. The zero-order valence-electron chi connectivity index (χ0n) is 18.9. The molecule has 0 saturated heterocycles. The third-order valence-corrected chi connectivity index (χ3v) is 5.42. The van der Waals surface area contributed by atoms with Gasteiger partial charge in [0.05, 0.1) is 37.0 Å². The van der Waals surface area contributed by atoms with Gasteiger partial charge >= 0.3 is 0 Å². The molecule has 0 fully saturated rings. The molecule has 174 valence electrons. The minimum atomic E-state index is -0.187. The molecule has 4 aromatic rings. The Morgan fingerprint density at radius 2 is 2.12 bits per heavy atom. The first-order chi connectivity index (χ1) is 16.6. The van der Waals surface area contributed by atoms with Gasteiger partial charge in [-0.25, -0.2) is 9.97 Å². The van der Waals surface area contributed by atoms with Crippen LogP contribution in [0.1, 0.15) is 12.5 Å². The number of hydrogen-bond acceptors (Lipinski definition) is 8. The molecule has 0 spiro atoms. The van der Waals surface area contributed by atoms with E-state index in [0.717, 1.165) is 24.3 Å². The zero-order valence-corrected chi connectivity index (χ0v) is 18.9. The van der Waals surface area contributed by atoms with E-state index in [0.29, 0.717) is 40.6 Å². The lowest BCUT2D eigenvalue weighted by Gasteiger charge is -2.11. The number of anilines is 2. The number of amides is 1. The topological polar surface area (TPSA) is 112 Å². The summed E-state index contributed by atoms with van der Waals surface area (Å²) in [7, 11) is 1.57. The van der Waals surface area contributed by atoms with E-state index >= 15 is 0 Å². The summed E-state index contributed by atoms with van der Waals surface area (Å²) in [4.78, 5) is 21.1. The van der Waals surface area contributed by atoms with Crippen LogP contribution in [-0.2, 0) is 17.8 Å². The highest BCUT2D eigenvalue weighted by Gasteiger charge is 2.15. The van der Waals surface area contributed by atoms with Gasteiger partial charge in [0.2, 0.25) is 11.8 Å². The lowest BCUT2D eigenvalue weighted by atomic mass is 10.1.